The Kier molecular flexibility index (Phi) is 3.03. The maximum absolute atomic E-state index is 12.6. The van der Waals surface area contributed by atoms with Crippen LogP contribution >= 0.6 is 27.3 Å². The number of carbonyl (C=O) groups is 1. The highest BCUT2D eigenvalue weighted by atomic mass is 79.9. The first-order valence-electron chi connectivity index (χ1n) is 6.27. The van der Waals surface area contributed by atoms with Gasteiger partial charge in [0.25, 0.3) is 5.91 Å². The maximum Gasteiger partial charge on any atom is 0.255 e. The molecular weight excluding hydrogens is 312 g/mol. The van der Waals surface area contributed by atoms with Crippen LogP contribution in [0, 0.1) is 11.8 Å². The Morgan fingerprint density at radius 3 is 2.94 bits per heavy atom. The van der Waals surface area contributed by atoms with Gasteiger partial charge in [0, 0.05) is 30.6 Å². The normalized spacial score (nSPS) is 29.6. The first-order valence-corrected chi connectivity index (χ1v) is 7.94. The van der Waals surface area contributed by atoms with E-state index in [4.69, 9.17) is 0 Å². The van der Waals surface area contributed by atoms with Crippen LogP contribution in [0.1, 0.15) is 24.2 Å². The molecule has 2 aliphatic rings. The predicted octanol–water partition coefficient (Wildman–Crippen LogP) is 2.58. The number of hydrogen-bond acceptors (Lipinski definition) is 3. The van der Waals surface area contributed by atoms with Crippen molar-refractivity contribution in [3.05, 3.63) is 20.8 Å². The molecule has 0 spiro atoms. The lowest BCUT2D eigenvalue weighted by molar-refractivity contribution is 0.0604. The van der Waals surface area contributed by atoms with Gasteiger partial charge in [-0.25, -0.2) is 0 Å². The second-order valence-corrected chi connectivity index (χ2v) is 8.02. The van der Waals surface area contributed by atoms with Crippen molar-refractivity contribution in [2.75, 3.05) is 19.6 Å². The van der Waals surface area contributed by atoms with Crippen molar-refractivity contribution >= 4 is 33.2 Å². The molecule has 5 heteroatoms. The highest BCUT2D eigenvalue weighted by Gasteiger charge is 2.51. The number of amides is 1. The van der Waals surface area contributed by atoms with E-state index in [1.165, 1.54) is 0 Å². The van der Waals surface area contributed by atoms with E-state index in [9.17, 15) is 4.79 Å². The third kappa shape index (κ3) is 1.84. The summed E-state index contributed by atoms with van der Waals surface area (Å²) in [6, 6.07) is 1.93. The lowest BCUT2D eigenvalue weighted by Crippen LogP contribution is -2.47. The molecular formula is C13H17BrN2OS. The van der Waals surface area contributed by atoms with Gasteiger partial charge < -0.3 is 10.2 Å². The van der Waals surface area contributed by atoms with E-state index in [1.807, 2.05) is 11.4 Å². The van der Waals surface area contributed by atoms with Crippen LogP contribution in [0.25, 0.3) is 0 Å². The molecule has 2 fully saturated rings. The molecule has 2 unspecified atom stereocenters. The fourth-order valence-electron chi connectivity index (χ4n) is 3.34. The first-order chi connectivity index (χ1) is 8.50. The van der Waals surface area contributed by atoms with Crippen molar-refractivity contribution in [2.24, 2.45) is 11.8 Å². The van der Waals surface area contributed by atoms with E-state index >= 15 is 0 Å². The first kappa shape index (κ1) is 12.6. The molecule has 1 aromatic rings. The lowest BCUT2D eigenvalue weighted by atomic mass is 9.85. The fraction of sp³-hybridized carbons (Fsp3) is 0.615. The van der Waals surface area contributed by atoms with E-state index in [0.29, 0.717) is 11.8 Å². The number of likely N-dealkylation sites (tertiary alicyclic amines) is 1. The van der Waals surface area contributed by atoms with Gasteiger partial charge in [0.15, 0.2) is 0 Å². The summed E-state index contributed by atoms with van der Waals surface area (Å²) >= 11 is 4.99. The number of nitrogens with zero attached hydrogens (tertiary/aromatic N) is 1. The van der Waals surface area contributed by atoms with Crippen LogP contribution < -0.4 is 5.32 Å². The van der Waals surface area contributed by atoms with Gasteiger partial charge in [0.1, 0.15) is 0 Å². The quantitative estimate of drug-likeness (QED) is 0.859. The summed E-state index contributed by atoms with van der Waals surface area (Å²) in [5.74, 6) is 1.38. The van der Waals surface area contributed by atoms with Gasteiger partial charge >= 0.3 is 0 Å². The molecule has 1 aromatic heterocycles. The molecule has 2 saturated heterocycles. The highest BCUT2D eigenvalue weighted by Crippen LogP contribution is 2.41. The summed E-state index contributed by atoms with van der Waals surface area (Å²) in [5, 5.41) is 5.38. The Hall–Kier alpha value is -0.390. The average molecular weight is 329 g/mol. The zero-order chi connectivity index (χ0) is 12.9. The maximum atomic E-state index is 12.6. The number of hydrogen-bond donors (Lipinski definition) is 1. The van der Waals surface area contributed by atoms with Gasteiger partial charge in [0.05, 0.1) is 9.35 Å². The number of thiophene rings is 1. The standard InChI is InChI=1S/C13H17BrN2OS/c1-13(2)10-5-15-4-9(10)6-16(13)12(17)8-3-11(14)18-7-8/h3,7,9-10,15H,4-6H2,1-2H3. The predicted molar refractivity (Wildman–Crippen MR) is 77.0 cm³/mol. The third-order valence-electron chi connectivity index (χ3n) is 4.42. The summed E-state index contributed by atoms with van der Waals surface area (Å²) < 4.78 is 1.02. The largest absolute Gasteiger partial charge is 0.333 e. The van der Waals surface area contributed by atoms with E-state index in [2.05, 4.69) is 40.0 Å². The number of rotatable bonds is 1. The van der Waals surface area contributed by atoms with Crippen molar-refractivity contribution in [3.63, 3.8) is 0 Å². The van der Waals surface area contributed by atoms with Gasteiger partial charge in [-0.2, -0.15) is 0 Å². The number of fused-ring (bicyclic) bond motifs is 1. The second-order valence-electron chi connectivity index (χ2n) is 5.73. The van der Waals surface area contributed by atoms with E-state index < -0.39 is 0 Å². The zero-order valence-corrected chi connectivity index (χ0v) is 13.0. The molecule has 0 saturated carbocycles. The third-order valence-corrected chi connectivity index (χ3v) is 5.92. The molecule has 0 radical (unpaired) electrons. The van der Waals surface area contributed by atoms with Crippen LogP contribution in [0.3, 0.4) is 0 Å². The van der Waals surface area contributed by atoms with Gasteiger partial charge in [-0.05, 0) is 47.7 Å². The van der Waals surface area contributed by atoms with Gasteiger partial charge in [0.2, 0.25) is 0 Å². The summed E-state index contributed by atoms with van der Waals surface area (Å²) in [4.78, 5) is 14.7. The fourth-order valence-corrected chi connectivity index (χ4v) is 4.47. The Morgan fingerprint density at radius 2 is 2.33 bits per heavy atom. The molecule has 18 heavy (non-hydrogen) atoms. The Balaban J connectivity index is 1.87. The van der Waals surface area contributed by atoms with Crippen LogP contribution in [-0.2, 0) is 0 Å². The lowest BCUT2D eigenvalue weighted by Gasteiger charge is -2.35. The minimum atomic E-state index is -0.0420. The van der Waals surface area contributed by atoms with Crippen LogP contribution in [0.4, 0.5) is 0 Å². The van der Waals surface area contributed by atoms with Crippen molar-refractivity contribution in [2.45, 2.75) is 19.4 Å². The van der Waals surface area contributed by atoms with E-state index in [1.54, 1.807) is 11.3 Å². The zero-order valence-electron chi connectivity index (χ0n) is 10.6. The summed E-state index contributed by atoms with van der Waals surface area (Å²) in [7, 11) is 0. The molecule has 0 aromatic carbocycles. The Bertz CT molecular complexity index is 485. The molecule has 3 heterocycles. The Morgan fingerprint density at radius 1 is 1.56 bits per heavy atom. The smallest absolute Gasteiger partial charge is 0.255 e. The molecule has 2 atom stereocenters. The van der Waals surface area contributed by atoms with E-state index in [-0.39, 0.29) is 11.4 Å². The van der Waals surface area contributed by atoms with Crippen molar-refractivity contribution in [1.29, 1.82) is 0 Å². The SMILES string of the molecule is CC1(C)C2CNCC2CN1C(=O)c1csc(Br)c1. The molecule has 0 aliphatic carbocycles. The number of carbonyl (C=O) groups excluding carboxylic acids is 1. The van der Waals surface area contributed by atoms with E-state index in [0.717, 1.165) is 29.0 Å². The topological polar surface area (TPSA) is 32.3 Å². The van der Waals surface area contributed by atoms with Gasteiger partial charge in [-0.1, -0.05) is 0 Å². The second kappa shape index (κ2) is 4.32. The summed E-state index contributed by atoms with van der Waals surface area (Å²) in [6.45, 7) is 7.37. The monoisotopic (exact) mass is 328 g/mol. The average Bonchev–Trinajstić information content (AvgIpc) is 2.96. The molecule has 98 valence electrons. The number of nitrogens with one attached hydrogen (secondary N) is 1. The minimum absolute atomic E-state index is 0.0420. The van der Waals surface area contributed by atoms with Crippen LogP contribution in [-0.4, -0.2) is 36.0 Å². The van der Waals surface area contributed by atoms with Gasteiger partial charge in [-0.15, -0.1) is 11.3 Å². The summed E-state index contributed by atoms with van der Waals surface area (Å²) in [6.07, 6.45) is 0. The molecule has 3 rings (SSSR count). The molecule has 1 N–H and O–H groups in total. The van der Waals surface area contributed by atoms with Crippen LogP contribution in [0.5, 0.6) is 0 Å². The summed E-state index contributed by atoms with van der Waals surface area (Å²) in [5.41, 5.74) is 0.771. The minimum Gasteiger partial charge on any atom is -0.333 e. The molecule has 2 aliphatic heterocycles. The Labute approximate surface area is 120 Å². The van der Waals surface area contributed by atoms with Crippen LogP contribution in [0.2, 0.25) is 0 Å². The van der Waals surface area contributed by atoms with Gasteiger partial charge in [-0.3, -0.25) is 4.79 Å². The molecule has 0 bridgehead atoms. The molecule has 1 amide bonds. The molecule has 3 nitrogen and oxygen atoms in total. The highest BCUT2D eigenvalue weighted by molar-refractivity contribution is 9.11. The van der Waals surface area contributed by atoms with Crippen molar-refractivity contribution in [1.82, 2.24) is 10.2 Å². The van der Waals surface area contributed by atoms with Crippen molar-refractivity contribution in [3.8, 4) is 0 Å². The number of halogens is 1. The van der Waals surface area contributed by atoms with Crippen LogP contribution in [0.15, 0.2) is 15.2 Å². The van der Waals surface area contributed by atoms with Crippen molar-refractivity contribution < 1.29 is 4.79 Å².